The average molecular weight is 716 g/mol. The van der Waals surface area contributed by atoms with Crippen LogP contribution in [0.4, 0.5) is 5.69 Å². The molecule has 1 aliphatic heterocycles. The lowest BCUT2D eigenvalue weighted by Gasteiger charge is -2.33. The minimum Gasteiger partial charge on any atom is -0.494 e. The maximum absolute atomic E-state index is 11.4. The number of likely N-dealkylation sites (N-methyl/N-ethyl adjacent to an activating group) is 1. The normalized spacial score (nSPS) is 14.5. The first-order valence-electron chi connectivity index (χ1n) is 20.2. The van der Waals surface area contributed by atoms with E-state index in [4.69, 9.17) is 4.74 Å². The highest BCUT2D eigenvalue weighted by atomic mass is 16.5. The molecule has 2 heterocycles. The van der Waals surface area contributed by atoms with Gasteiger partial charge in [0, 0.05) is 63.6 Å². The molecule has 3 aromatic rings. The number of aryl methyl sites for hydroxylation is 2. The predicted octanol–water partition coefficient (Wildman–Crippen LogP) is 9.91. The molecule has 52 heavy (non-hydrogen) atoms. The Balaban J connectivity index is 0.000000411. The van der Waals surface area contributed by atoms with Crippen molar-refractivity contribution in [3.8, 4) is 5.75 Å². The first-order chi connectivity index (χ1) is 24.8. The molecule has 0 spiro atoms. The summed E-state index contributed by atoms with van der Waals surface area (Å²) in [5.74, 6) is 1.40. The molecule has 1 aliphatic rings. The topological polar surface area (TPSA) is 53.0 Å². The Hall–Kier alpha value is -3.13. The molecule has 1 fully saturated rings. The number of anilines is 1. The maximum Gasteiger partial charge on any atom is 0.146 e. The van der Waals surface area contributed by atoms with E-state index in [1.54, 1.807) is 7.11 Å². The lowest BCUT2D eigenvalue weighted by molar-refractivity contribution is -0.119. The van der Waals surface area contributed by atoms with Crippen molar-refractivity contribution in [1.82, 2.24) is 19.3 Å². The van der Waals surface area contributed by atoms with E-state index in [0.29, 0.717) is 5.78 Å². The maximum atomic E-state index is 11.4. The Morgan fingerprint density at radius 2 is 1.60 bits per heavy atom. The van der Waals surface area contributed by atoms with E-state index in [1.807, 2.05) is 0 Å². The highest BCUT2D eigenvalue weighted by molar-refractivity contribution is 5.90. The fourth-order valence-electron chi connectivity index (χ4n) is 7.08. The van der Waals surface area contributed by atoms with Crippen LogP contribution >= 0.6 is 0 Å². The van der Waals surface area contributed by atoms with Crippen LogP contribution in [0.3, 0.4) is 0 Å². The lowest BCUT2D eigenvalue weighted by Crippen LogP contribution is -2.43. The highest BCUT2D eigenvalue weighted by Gasteiger charge is 2.23. The van der Waals surface area contributed by atoms with Gasteiger partial charge in [0.2, 0.25) is 0 Å². The molecule has 7 heteroatoms. The van der Waals surface area contributed by atoms with Gasteiger partial charge in [-0.05, 0) is 82.0 Å². The summed E-state index contributed by atoms with van der Waals surface area (Å²) in [7, 11) is 10.3. The van der Waals surface area contributed by atoms with Crippen molar-refractivity contribution >= 4 is 28.1 Å². The zero-order chi connectivity index (χ0) is 38.3. The summed E-state index contributed by atoms with van der Waals surface area (Å²) in [6, 6.07) is 13.6. The molecule has 0 bridgehead atoms. The second kappa shape index (κ2) is 21.5. The van der Waals surface area contributed by atoms with E-state index in [2.05, 4.69) is 137 Å². The number of para-hydroxylation sites is 1. The number of hydrogen-bond acceptors (Lipinski definition) is 6. The minimum absolute atomic E-state index is 0.0316. The van der Waals surface area contributed by atoms with Gasteiger partial charge in [-0.25, -0.2) is 0 Å². The van der Waals surface area contributed by atoms with Crippen LogP contribution in [0.25, 0.3) is 16.6 Å². The highest BCUT2D eigenvalue weighted by Crippen LogP contribution is 2.38. The number of carbonyl (C=O) groups is 1. The molecule has 4 rings (SSSR count). The molecule has 2 aromatic carbocycles. The SMILES string of the molecule is CC/C=C(\Nc1cc(C(C)(C)C)cc(CN2CCN(C)CC2)c1OC)c1cc2cccc(CC)c2n1C.CCCCCCCC(=O)CCCN(C)C. The number of ether oxygens (including phenoxy) is 1. The van der Waals surface area contributed by atoms with Crippen molar-refractivity contribution in [2.75, 3.05) is 66.3 Å². The van der Waals surface area contributed by atoms with E-state index in [0.717, 1.165) is 94.9 Å². The van der Waals surface area contributed by atoms with Gasteiger partial charge in [0.25, 0.3) is 0 Å². The van der Waals surface area contributed by atoms with E-state index < -0.39 is 0 Å². The third kappa shape index (κ3) is 13.1. The molecule has 1 saturated heterocycles. The largest absolute Gasteiger partial charge is 0.494 e. The molecular weight excluding hydrogens is 643 g/mol. The van der Waals surface area contributed by atoms with Crippen LogP contribution in [0.15, 0.2) is 42.5 Å². The Bertz CT molecular complexity index is 1560. The standard InChI is InChI=1S/C32H46N4O.C13H27NO/c1-9-12-27(29-20-24-14-11-13-23(10-2)30(24)35(29)7)33-28-21-26(32(3,4)5)19-25(31(28)37-8)22-36-17-15-34(6)16-18-36;1-4-5-6-7-8-10-13(15)11-9-12-14(2)3/h11-14,19-21,33H,9-10,15-18,22H2,1-8H3;4-12H2,1-3H3/b27-12-;. The number of piperazine rings is 1. The van der Waals surface area contributed by atoms with E-state index >= 15 is 0 Å². The molecule has 0 unspecified atom stereocenters. The number of Topliss-reactive ketones (excluding diaryl/α,β-unsaturated/α-hetero) is 1. The number of aromatic nitrogens is 1. The monoisotopic (exact) mass is 716 g/mol. The molecule has 0 radical (unpaired) electrons. The zero-order valence-electron chi connectivity index (χ0n) is 35.0. The number of ketones is 1. The van der Waals surface area contributed by atoms with Gasteiger partial charge in [-0.3, -0.25) is 9.69 Å². The van der Waals surface area contributed by atoms with E-state index in [-0.39, 0.29) is 5.41 Å². The summed E-state index contributed by atoms with van der Waals surface area (Å²) in [6.45, 7) is 19.8. The van der Waals surface area contributed by atoms with Gasteiger partial charge in [0.1, 0.15) is 11.5 Å². The number of nitrogens with one attached hydrogen (secondary N) is 1. The van der Waals surface area contributed by atoms with Gasteiger partial charge in [-0.15, -0.1) is 0 Å². The molecule has 0 aliphatic carbocycles. The van der Waals surface area contributed by atoms with Gasteiger partial charge >= 0.3 is 0 Å². The van der Waals surface area contributed by atoms with Crippen molar-refractivity contribution < 1.29 is 9.53 Å². The summed E-state index contributed by atoms with van der Waals surface area (Å²) in [5, 5.41) is 5.12. The second-order valence-electron chi connectivity index (χ2n) is 16.1. The molecule has 7 nitrogen and oxygen atoms in total. The summed E-state index contributed by atoms with van der Waals surface area (Å²) in [4.78, 5) is 18.5. The van der Waals surface area contributed by atoms with Crippen LogP contribution in [-0.2, 0) is 30.2 Å². The Morgan fingerprint density at radius 3 is 2.21 bits per heavy atom. The fourth-order valence-corrected chi connectivity index (χ4v) is 7.08. The third-order valence-corrected chi connectivity index (χ3v) is 10.3. The molecular formula is C45H73N5O2. The molecule has 0 atom stereocenters. The zero-order valence-corrected chi connectivity index (χ0v) is 35.0. The first kappa shape index (κ1) is 43.3. The van der Waals surface area contributed by atoms with Crippen molar-refractivity contribution in [3.63, 3.8) is 0 Å². The van der Waals surface area contributed by atoms with Gasteiger partial charge in [-0.1, -0.05) is 97.6 Å². The van der Waals surface area contributed by atoms with Crippen LogP contribution in [-0.4, -0.2) is 86.0 Å². The minimum atomic E-state index is 0.0316. The summed E-state index contributed by atoms with van der Waals surface area (Å²) < 4.78 is 8.45. The summed E-state index contributed by atoms with van der Waals surface area (Å²) >= 11 is 0. The number of methoxy groups -OCH3 is 1. The van der Waals surface area contributed by atoms with Crippen LogP contribution in [0, 0.1) is 0 Å². The molecule has 0 saturated carbocycles. The number of benzene rings is 2. The van der Waals surface area contributed by atoms with Crippen molar-refractivity contribution in [1.29, 1.82) is 0 Å². The number of nitrogens with zero attached hydrogens (tertiary/aromatic N) is 4. The quantitative estimate of drug-likeness (QED) is 0.132. The number of rotatable bonds is 18. The van der Waals surface area contributed by atoms with Crippen LogP contribution in [0.5, 0.6) is 5.75 Å². The molecule has 0 amide bonds. The fraction of sp³-hybridized carbons (Fsp3) is 0.622. The summed E-state index contributed by atoms with van der Waals surface area (Å²) in [5.41, 5.74) is 8.66. The number of carbonyl (C=O) groups excluding carboxylic acids is 1. The molecule has 290 valence electrons. The number of fused-ring (bicyclic) bond motifs is 1. The van der Waals surface area contributed by atoms with Crippen molar-refractivity contribution in [2.24, 2.45) is 7.05 Å². The Labute approximate surface area is 317 Å². The van der Waals surface area contributed by atoms with Crippen LogP contribution < -0.4 is 10.1 Å². The van der Waals surface area contributed by atoms with Crippen molar-refractivity contribution in [2.45, 2.75) is 118 Å². The van der Waals surface area contributed by atoms with Gasteiger partial charge in [0.05, 0.1) is 29.7 Å². The summed E-state index contributed by atoms with van der Waals surface area (Å²) in [6.07, 6.45) is 13.1. The molecule has 1 N–H and O–H groups in total. The predicted molar refractivity (Wildman–Crippen MR) is 225 cm³/mol. The number of hydrogen-bond donors (Lipinski definition) is 1. The average Bonchev–Trinajstić information content (AvgIpc) is 3.44. The van der Waals surface area contributed by atoms with Crippen LogP contribution in [0.2, 0.25) is 0 Å². The Kier molecular flexibility index (Phi) is 17.9. The van der Waals surface area contributed by atoms with Crippen molar-refractivity contribution in [3.05, 3.63) is 64.9 Å². The smallest absolute Gasteiger partial charge is 0.146 e. The van der Waals surface area contributed by atoms with Gasteiger partial charge < -0.3 is 24.4 Å². The first-order valence-corrected chi connectivity index (χ1v) is 20.2. The lowest BCUT2D eigenvalue weighted by atomic mass is 9.85. The van der Waals surface area contributed by atoms with Gasteiger partial charge in [-0.2, -0.15) is 0 Å². The molecule has 1 aromatic heterocycles. The number of unbranched alkanes of at least 4 members (excludes halogenated alkanes) is 4. The Morgan fingerprint density at radius 1 is 0.904 bits per heavy atom. The van der Waals surface area contributed by atoms with E-state index in [1.165, 1.54) is 59.0 Å². The van der Waals surface area contributed by atoms with Gasteiger partial charge in [0.15, 0.2) is 0 Å². The second-order valence-corrected chi connectivity index (χ2v) is 16.1. The number of allylic oxidation sites excluding steroid dienone is 1. The third-order valence-electron chi connectivity index (χ3n) is 10.3. The van der Waals surface area contributed by atoms with E-state index in [9.17, 15) is 4.79 Å². The van der Waals surface area contributed by atoms with Crippen LogP contribution in [0.1, 0.15) is 122 Å².